The Morgan fingerprint density at radius 3 is 2.81 bits per heavy atom. The summed E-state index contributed by atoms with van der Waals surface area (Å²) in [5, 5.41) is 7.11. The van der Waals surface area contributed by atoms with Crippen molar-refractivity contribution >= 4 is 57.3 Å². The predicted molar refractivity (Wildman–Crippen MR) is 137 cm³/mol. The highest BCUT2D eigenvalue weighted by Crippen LogP contribution is 2.32. The van der Waals surface area contributed by atoms with Gasteiger partial charge in [0.25, 0.3) is 0 Å². The van der Waals surface area contributed by atoms with Gasteiger partial charge in [0.2, 0.25) is 5.95 Å². The van der Waals surface area contributed by atoms with Gasteiger partial charge in [0.15, 0.2) is 17.0 Å². The highest BCUT2D eigenvalue weighted by Gasteiger charge is 2.24. The van der Waals surface area contributed by atoms with Crippen molar-refractivity contribution in [1.29, 1.82) is 0 Å². The smallest absolute Gasteiger partial charge is 0.227 e. The van der Waals surface area contributed by atoms with Gasteiger partial charge in [-0.25, -0.2) is 4.98 Å². The zero-order chi connectivity index (χ0) is 21.2. The minimum absolute atomic E-state index is 0.327. The van der Waals surface area contributed by atoms with E-state index in [0.717, 1.165) is 54.8 Å². The number of anilines is 2. The first-order valence-corrected chi connectivity index (χ1v) is 13.2. The first kappa shape index (κ1) is 21.3. The molecule has 0 radical (unpaired) electrons. The molecule has 31 heavy (non-hydrogen) atoms. The molecule has 3 aromatic rings. The number of hydrogen-bond acceptors (Lipinski definition) is 7. The molecule has 2 aliphatic rings. The quantitative estimate of drug-likeness (QED) is 0.393. The SMILES string of the molecule is N[C@H]1CC[C@H](Nc2nc(NCc3cccc(I)c3)c3ncn(C4CCSC4)c3n2)CC1. The average molecular weight is 549 g/mol. The van der Waals surface area contributed by atoms with E-state index in [1.54, 1.807) is 0 Å². The van der Waals surface area contributed by atoms with E-state index in [2.05, 4.69) is 62.1 Å². The average Bonchev–Trinajstić information content (AvgIpc) is 3.43. The molecule has 2 aromatic heterocycles. The molecule has 1 aliphatic carbocycles. The maximum Gasteiger partial charge on any atom is 0.227 e. The Bertz CT molecular complexity index is 1040. The summed E-state index contributed by atoms with van der Waals surface area (Å²) in [6.07, 6.45) is 7.33. The summed E-state index contributed by atoms with van der Waals surface area (Å²) < 4.78 is 3.47. The van der Waals surface area contributed by atoms with E-state index in [4.69, 9.17) is 20.7 Å². The van der Waals surface area contributed by atoms with Gasteiger partial charge in [0.1, 0.15) is 0 Å². The fourth-order valence-electron chi connectivity index (χ4n) is 4.39. The first-order valence-electron chi connectivity index (χ1n) is 11.0. The molecule has 1 saturated heterocycles. The van der Waals surface area contributed by atoms with Crippen molar-refractivity contribution in [2.24, 2.45) is 5.73 Å². The van der Waals surface area contributed by atoms with Crippen LogP contribution in [0.1, 0.15) is 43.7 Å². The lowest BCUT2D eigenvalue weighted by molar-refractivity contribution is 0.410. The Morgan fingerprint density at radius 1 is 1.16 bits per heavy atom. The maximum atomic E-state index is 6.09. The van der Waals surface area contributed by atoms with Crippen LogP contribution in [0.5, 0.6) is 0 Å². The molecule has 0 spiro atoms. The van der Waals surface area contributed by atoms with Gasteiger partial charge in [-0.05, 0) is 78.1 Å². The summed E-state index contributed by atoms with van der Waals surface area (Å²) in [6.45, 7) is 0.701. The van der Waals surface area contributed by atoms with E-state index in [-0.39, 0.29) is 0 Å². The Labute approximate surface area is 200 Å². The number of benzene rings is 1. The number of nitrogens with one attached hydrogen (secondary N) is 2. The molecule has 0 bridgehead atoms. The van der Waals surface area contributed by atoms with Gasteiger partial charge in [0, 0.05) is 34.0 Å². The molecule has 1 aliphatic heterocycles. The Morgan fingerprint density at radius 2 is 2.03 bits per heavy atom. The molecule has 164 valence electrons. The third-order valence-corrected chi connectivity index (χ3v) is 7.99. The Balaban J connectivity index is 1.45. The summed E-state index contributed by atoms with van der Waals surface area (Å²) in [5.74, 6) is 3.79. The number of imidazole rings is 1. The summed E-state index contributed by atoms with van der Waals surface area (Å²) in [4.78, 5) is 14.5. The highest BCUT2D eigenvalue weighted by molar-refractivity contribution is 14.1. The van der Waals surface area contributed by atoms with Gasteiger partial charge in [-0.3, -0.25) is 0 Å². The number of nitrogens with two attached hydrogens (primary N) is 1. The molecule has 9 heteroatoms. The van der Waals surface area contributed by atoms with Gasteiger partial charge in [-0.2, -0.15) is 21.7 Å². The summed E-state index contributed by atoms with van der Waals surface area (Å²) >= 11 is 4.35. The molecule has 1 aromatic carbocycles. The third-order valence-electron chi connectivity index (χ3n) is 6.17. The molecule has 1 saturated carbocycles. The zero-order valence-corrected chi connectivity index (χ0v) is 20.4. The Kier molecular flexibility index (Phi) is 6.51. The van der Waals surface area contributed by atoms with E-state index in [1.807, 2.05) is 18.1 Å². The van der Waals surface area contributed by atoms with Crippen molar-refractivity contribution in [3.63, 3.8) is 0 Å². The van der Waals surface area contributed by atoms with Crippen molar-refractivity contribution in [3.8, 4) is 0 Å². The number of halogens is 1. The lowest BCUT2D eigenvalue weighted by atomic mass is 9.92. The first-order chi connectivity index (χ1) is 15.2. The van der Waals surface area contributed by atoms with E-state index in [0.29, 0.717) is 30.6 Å². The lowest BCUT2D eigenvalue weighted by Gasteiger charge is -2.27. The van der Waals surface area contributed by atoms with Crippen molar-refractivity contribution in [2.45, 2.75) is 56.8 Å². The number of aromatic nitrogens is 4. The minimum Gasteiger partial charge on any atom is -0.364 e. The predicted octanol–water partition coefficient (Wildman–Crippen LogP) is 4.40. The summed E-state index contributed by atoms with van der Waals surface area (Å²) in [7, 11) is 0. The number of nitrogens with zero attached hydrogens (tertiary/aromatic N) is 4. The number of rotatable bonds is 6. The van der Waals surface area contributed by atoms with Gasteiger partial charge in [0.05, 0.1) is 6.33 Å². The summed E-state index contributed by atoms with van der Waals surface area (Å²) in [6, 6.07) is 9.66. The molecule has 2 fully saturated rings. The van der Waals surface area contributed by atoms with Crippen LogP contribution in [0.2, 0.25) is 0 Å². The van der Waals surface area contributed by atoms with Crippen molar-refractivity contribution in [1.82, 2.24) is 19.5 Å². The maximum absolute atomic E-state index is 6.09. The second kappa shape index (κ2) is 9.50. The van der Waals surface area contributed by atoms with Crippen LogP contribution < -0.4 is 16.4 Å². The zero-order valence-electron chi connectivity index (χ0n) is 17.4. The highest BCUT2D eigenvalue weighted by atomic mass is 127. The van der Waals surface area contributed by atoms with Gasteiger partial charge in [-0.15, -0.1) is 0 Å². The minimum atomic E-state index is 0.327. The molecular formula is C22H28IN7S. The van der Waals surface area contributed by atoms with Crippen LogP contribution >= 0.6 is 34.4 Å². The molecule has 4 N–H and O–H groups in total. The Hall–Kier alpha value is -1.59. The number of fused-ring (bicyclic) bond motifs is 1. The van der Waals surface area contributed by atoms with Crippen LogP contribution in [0.25, 0.3) is 11.2 Å². The largest absolute Gasteiger partial charge is 0.364 e. The molecule has 5 rings (SSSR count). The third kappa shape index (κ3) is 4.93. The van der Waals surface area contributed by atoms with Gasteiger partial charge >= 0.3 is 0 Å². The fraction of sp³-hybridized carbons (Fsp3) is 0.500. The standard InChI is InChI=1S/C22H28IN7S/c23-15-3-1-2-14(10-15)11-25-20-19-21(30(13-26-19)18-8-9-31-12-18)29-22(28-20)27-17-6-4-16(24)5-7-17/h1-3,10,13,16-18H,4-9,11-12,24H2,(H2,25,27,28,29)/t16-,17-,18?. The van der Waals surface area contributed by atoms with Crippen molar-refractivity contribution in [3.05, 3.63) is 39.7 Å². The molecule has 3 heterocycles. The van der Waals surface area contributed by atoms with Crippen molar-refractivity contribution < 1.29 is 0 Å². The van der Waals surface area contributed by atoms with Crippen LogP contribution in [-0.2, 0) is 6.54 Å². The van der Waals surface area contributed by atoms with Crippen LogP contribution in [0.15, 0.2) is 30.6 Å². The van der Waals surface area contributed by atoms with E-state index in [1.165, 1.54) is 14.9 Å². The molecular weight excluding hydrogens is 521 g/mol. The van der Waals surface area contributed by atoms with E-state index in [9.17, 15) is 0 Å². The number of thioether (sulfide) groups is 1. The molecule has 1 unspecified atom stereocenters. The monoisotopic (exact) mass is 549 g/mol. The molecule has 0 amide bonds. The second-order valence-corrected chi connectivity index (χ2v) is 10.9. The normalized spacial score (nSPS) is 23.9. The van der Waals surface area contributed by atoms with Crippen LogP contribution in [0.3, 0.4) is 0 Å². The lowest BCUT2D eigenvalue weighted by Crippen LogP contribution is -2.33. The van der Waals surface area contributed by atoms with Crippen LogP contribution in [0, 0.1) is 3.57 Å². The van der Waals surface area contributed by atoms with E-state index < -0.39 is 0 Å². The van der Waals surface area contributed by atoms with Gasteiger partial charge < -0.3 is 20.9 Å². The van der Waals surface area contributed by atoms with Crippen LogP contribution in [0.4, 0.5) is 11.8 Å². The molecule has 7 nitrogen and oxygen atoms in total. The second-order valence-electron chi connectivity index (χ2n) is 8.48. The number of hydrogen-bond donors (Lipinski definition) is 3. The topological polar surface area (TPSA) is 93.7 Å². The molecule has 1 atom stereocenters. The summed E-state index contributed by atoms with van der Waals surface area (Å²) in [5.41, 5.74) is 9.08. The van der Waals surface area contributed by atoms with Crippen LogP contribution in [-0.4, -0.2) is 43.1 Å². The fourth-order valence-corrected chi connectivity index (χ4v) is 6.20. The van der Waals surface area contributed by atoms with Gasteiger partial charge in [-0.1, -0.05) is 12.1 Å². The van der Waals surface area contributed by atoms with Crippen molar-refractivity contribution in [2.75, 3.05) is 22.1 Å². The van der Waals surface area contributed by atoms with E-state index >= 15 is 0 Å².